The zero-order valence-corrected chi connectivity index (χ0v) is 14.7. The lowest BCUT2D eigenvalue weighted by molar-refractivity contribution is -0.136. The average Bonchev–Trinajstić information content (AvgIpc) is 3.08. The van der Waals surface area contributed by atoms with Gasteiger partial charge in [-0.1, -0.05) is 30.8 Å². The molecule has 0 saturated carbocycles. The molecule has 0 atom stereocenters. The predicted octanol–water partition coefficient (Wildman–Crippen LogP) is 5.17. The van der Waals surface area contributed by atoms with Crippen molar-refractivity contribution in [2.75, 3.05) is 5.32 Å². The maximum Gasteiger partial charge on any atom is 0.303 e. The van der Waals surface area contributed by atoms with E-state index in [1.807, 2.05) is 36.4 Å². The Balaban J connectivity index is 1.55. The summed E-state index contributed by atoms with van der Waals surface area (Å²) in [6.07, 6.45) is 0.464. The number of aromatic amines is 1. The fourth-order valence-corrected chi connectivity index (χ4v) is 3.07. The first-order chi connectivity index (χ1) is 13.1. The standard InChI is InChI=1S/C22H19N3O2/c1-14(6-11-21(26)27)23-18-9-7-15(8-10-18)22-24-19-12-16-4-2-3-5-17(16)13-20(19)25-22/h2-5,7-10,12-13,23H,1,6,11H2,(H,24,25)(H,26,27). The summed E-state index contributed by atoms with van der Waals surface area (Å²) in [4.78, 5) is 18.7. The highest BCUT2D eigenvalue weighted by molar-refractivity contribution is 5.96. The van der Waals surface area contributed by atoms with Gasteiger partial charge in [0, 0.05) is 16.9 Å². The molecule has 5 nitrogen and oxygen atoms in total. The van der Waals surface area contributed by atoms with Crippen LogP contribution in [0.25, 0.3) is 33.2 Å². The Morgan fingerprint density at radius 1 is 1.04 bits per heavy atom. The van der Waals surface area contributed by atoms with Crippen LogP contribution in [0.3, 0.4) is 0 Å². The molecule has 0 aliphatic heterocycles. The van der Waals surface area contributed by atoms with Gasteiger partial charge in [-0.15, -0.1) is 0 Å². The minimum Gasteiger partial charge on any atom is -0.481 e. The molecule has 0 spiro atoms. The summed E-state index contributed by atoms with van der Waals surface area (Å²) in [5, 5.41) is 14.2. The van der Waals surface area contributed by atoms with Gasteiger partial charge in [-0.2, -0.15) is 0 Å². The molecule has 0 saturated heterocycles. The molecule has 5 heteroatoms. The quantitative estimate of drug-likeness (QED) is 0.445. The largest absolute Gasteiger partial charge is 0.481 e. The molecule has 27 heavy (non-hydrogen) atoms. The molecule has 0 amide bonds. The van der Waals surface area contributed by atoms with Gasteiger partial charge in [0.1, 0.15) is 5.82 Å². The molecule has 0 aliphatic rings. The Morgan fingerprint density at radius 2 is 1.74 bits per heavy atom. The van der Waals surface area contributed by atoms with Crippen LogP contribution in [-0.4, -0.2) is 21.0 Å². The van der Waals surface area contributed by atoms with Gasteiger partial charge in [0.05, 0.1) is 17.5 Å². The fourth-order valence-electron chi connectivity index (χ4n) is 3.07. The highest BCUT2D eigenvalue weighted by Crippen LogP contribution is 2.26. The molecule has 0 unspecified atom stereocenters. The number of carboxylic acids is 1. The Hall–Kier alpha value is -3.60. The van der Waals surface area contributed by atoms with Crippen molar-refractivity contribution in [2.24, 2.45) is 0 Å². The predicted molar refractivity (Wildman–Crippen MR) is 109 cm³/mol. The van der Waals surface area contributed by atoms with Crippen LogP contribution < -0.4 is 5.32 Å². The number of hydrogen-bond donors (Lipinski definition) is 3. The highest BCUT2D eigenvalue weighted by atomic mass is 16.4. The lowest BCUT2D eigenvalue weighted by Crippen LogP contribution is -2.02. The molecule has 3 N–H and O–H groups in total. The third-order valence-electron chi connectivity index (χ3n) is 4.47. The summed E-state index contributed by atoms with van der Waals surface area (Å²) in [6, 6.07) is 20.3. The summed E-state index contributed by atoms with van der Waals surface area (Å²) in [7, 11) is 0. The Kier molecular flexibility index (Phi) is 4.34. The number of nitrogens with zero attached hydrogens (tertiary/aromatic N) is 1. The second-order valence-corrected chi connectivity index (χ2v) is 6.50. The van der Waals surface area contributed by atoms with Crippen molar-refractivity contribution < 1.29 is 9.90 Å². The first-order valence-electron chi connectivity index (χ1n) is 8.74. The lowest BCUT2D eigenvalue weighted by Gasteiger charge is -2.08. The van der Waals surface area contributed by atoms with Gasteiger partial charge in [0.25, 0.3) is 0 Å². The third kappa shape index (κ3) is 3.67. The molecule has 4 aromatic rings. The van der Waals surface area contributed by atoms with Crippen LogP contribution in [0.5, 0.6) is 0 Å². The van der Waals surface area contributed by atoms with Crippen LogP contribution in [0.1, 0.15) is 12.8 Å². The minimum absolute atomic E-state index is 0.0667. The third-order valence-corrected chi connectivity index (χ3v) is 4.47. The number of aromatic nitrogens is 2. The second kappa shape index (κ2) is 6.96. The first kappa shape index (κ1) is 16.8. The highest BCUT2D eigenvalue weighted by Gasteiger charge is 2.07. The van der Waals surface area contributed by atoms with E-state index in [0.717, 1.165) is 28.1 Å². The Morgan fingerprint density at radius 3 is 2.44 bits per heavy atom. The molecule has 1 heterocycles. The van der Waals surface area contributed by atoms with Gasteiger partial charge < -0.3 is 15.4 Å². The number of carboxylic acid groups (broad SMARTS) is 1. The van der Waals surface area contributed by atoms with Gasteiger partial charge in [0.2, 0.25) is 0 Å². The van der Waals surface area contributed by atoms with Crippen molar-refractivity contribution in [1.29, 1.82) is 0 Å². The van der Waals surface area contributed by atoms with E-state index in [-0.39, 0.29) is 6.42 Å². The van der Waals surface area contributed by atoms with Crippen LogP contribution in [-0.2, 0) is 4.79 Å². The monoisotopic (exact) mass is 357 g/mol. The number of allylic oxidation sites excluding steroid dienone is 1. The Bertz CT molecular complexity index is 1090. The van der Waals surface area contributed by atoms with Gasteiger partial charge >= 0.3 is 5.97 Å². The van der Waals surface area contributed by atoms with Crippen molar-refractivity contribution in [3.05, 3.63) is 72.9 Å². The topological polar surface area (TPSA) is 78.0 Å². The number of H-pyrrole nitrogens is 1. The van der Waals surface area contributed by atoms with E-state index in [4.69, 9.17) is 10.1 Å². The summed E-state index contributed by atoms with van der Waals surface area (Å²) in [6.45, 7) is 3.87. The lowest BCUT2D eigenvalue weighted by atomic mass is 10.1. The van der Waals surface area contributed by atoms with Crippen LogP contribution in [0, 0.1) is 0 Å². The number of anilines is 1. The number of rotatable bonds is 6. The zero-order chi connectivity index (χ0) is 18.8. The minimum atomic E-state index is -0.828. The number of nitrogens with one attached hydrogen (secondary N) is 2. The maximum absolute atomic E-state index is 10.6. The van der Waals surface area contributed by atoms with E-state index in [9.17, 15) is 4.79 Å². The molecule has 0 aliphatic carbocycles. The molecule has 0 fully saturated rings. The van der Waals surface area contributed by atoms with Crippen LogP contribution in [0.2, 0.25) is 0 Å². The second-order valence-electron chi connectivity index (χ2n) is 6.50. The van der Waals surface area contributed by atoms with Crippen LogP contribution in [0.15, 0.2) is 72.9 Å². The average molecular weight is 357 g/mol. The maximum atomic E-state index is 10.6. The smallest absolute Gasteiger partial charge is 0.303 e. The van der Waals surface area contributed by atoms with Crippen molar-refractivity contribution in [1.82, 2.24) is 9.97 Å². The fraction of sp³-hybridized carbons (Fsp3) is 0.0909. The SMILES string of the molecule is C=C(CCC(=O)O)Nc1ccc(-c2nc3cc4ccccc4cc3[nH]2)cc1. The summed E-state index contributed by atoms with van der Waals surface area (Å²) in [5.41, 5.74) is 4.48. The first-order valence-corrected chi connectivity index (χ1v) is 8.74. The van der Waals surface area contributed by atoms with E-state index < -0.39 is 5.97 Å². The van der Waals surface area contributed by atoms with Crippen LogP contribution in [0.4, 0.5) is 5.69 Å². The molecular weight excluding hydrogens is 338 g/mol. The number of benzene rings is 3. The number of hydrogen-bond acceptors (Lipinski definition) is 3. The number of imidazole rings is 1. The molecule has 3 aromatic carbocycles. The van der Waals surface area contributed by atoms with E-state index in [0.29, 0.717) is 12.1 Å². The normalized spacial score (nSPS) is 11.0. The van der Waals surface area contributed by atoms with Gasteiger partial charge in [-0.3, -0.25) is 4.79 Å². The van der Waals surface area contributed by atoms with Crippen LogP contribution >= 0.6 is 0 Å². The van der Waals surface area contributed by atoms with Gasteiger partial charge in [-0.25, -0.2) is 4.98 Å². The van der Waals surface area contributed by atoms with Gasteiger partial charge in [-0.05, 0) is 53.6 Å². The molecule has 134 valence electrons. The van der Waals surface area contributed by atoms with E-state index in [2.05, 4.69) is 41.1 Å². The Labute approximate surface area is 156 Å². The van der Waals surface area contributed by atoms with Crippen molar-refractivity contribution in [3.63, 3.8) is 0 Å². The van der Waals surface area contributed by atoms with Crippen molar-refractivity contribution >= 4 is 33.5 Å². The molecule has 0 bridgehead atoms. The summed E-state index contributed by atoms with van der Waals surface area (Å²) < 4.78 is 0. The molecule has 4 rings (SSSR count). The van der Waals surface area contributed by atoms with Crippen molar-refractivity contribution in [3.8, 4) is 11.4 Å². The number of carbonyl (C=O) groups is 1. The van der Waals surface area contributed by atoms with E-state index >= 15 is 0 Å². The van der Waals surface area contributed by atoms with Gasteiger partial charge in [0.15, 0.2) is 0 Å². The number of aliphatic carboxylic acids is 1. The summed E-state index contributed by atoms with van der Waals surface area (Å²) >= 11 is 0. The number of fused-ring (bicyclic) bond motifs is 2. The van der Waals surface area contributed by atoms with Crippen molar-refractivity contribution in [2.45, 2.75) is 12.8 Å². The molecule has 0 radical (unpaired) electrons. The zero-order valence-electron chi connectivity index (χ0n) is 14.7. The van der Waals surface area contributed by atoms with E-state index in [1.54, 1.807) is 0 Å². The summed E-state index contributed by atoms with van der Waals surface area (Å²) in [5.74, 6) is -0.0117. The molecular formula is C22H19N3O2. The van der Waals surface area contributed by atoms with E-state index in [1.165, 1.54) is 10.8 Å². The molecule has 1 aromatic heterocycles.